The van der Waals surface area contributed by atoms with Gasteiger partial charge in [0.1, 0.15) is 0 Å². The van der Waals surface area contributed by atoms with Crippen LogP contribution in [0.25, 0.3) is 0 Å². The molecule has 0 spiro atoms. The van der Waals surface area contributed by atoms with E-state index in [1.807, 2.05) is 0 Å². The second-order valence-corrected chi connectivity index (χ2v) is 0. The Morgan fingerprint density at radius 2 is 0.500 bits per heavy atom. The van der Waals surface area contributed by atoms with E-state index < -0.39 is 0 Å². The van der Waals surface area contributed by atoms with Gasteiger partial charge in [-0.3, -0.25) is 0 Å². The van der Waals surface area contributed by atoms with Gasteiger partial charge in [0.05, 0.1) is 0 Å². The second kappa shape index (κ2) is 63.2. The van der Waals surface area contributed by atoms with Gasteiger partial charge in [-0.25, -0.2) is 0 Å². The molecule has 0 fully saturated rings. The number of hydrogen-bond acceptors (Lipinski definition) is 0. The third-order valence-electron chi connectivity index (χ3n) is 0. The van der Waals surface area contributed by atoms with Crippen LogP contribution in [0.1, 0.15) is 0 Å². The minimum atomic E-state index is 0. The van der Waals surface area contributed by atoms with Crippen LogP contribution in [0.4, 0.5) is 0 Å². The molecule has 0 atom stereocenters. The van der Waals surface area contributed by atoms with Crippen molar-refractivity contribution >= 4 is 71.7 Å². The van der Waals surface area contributed by atoms with Crippen LogP contribution in [-0.4, -0.2) is 80.1 Å². The van der Waals surface area contributed by atoms with Gasteiger partial charge in [0.15, 0.2) is 0 Å². The summed E-state index contributed by atoms with van der Waals surface area (Å²) in [5.41, 5.74) is 0. The van der Waals surface area contributed by atoms with E-state index in [0.29, 0.717) is 0 Å². The van der Waals surface area contributed by atoms with Crippen LogP contribution in [0.2, 0.25) is 0 Å². The molecule has 0 aromatic rings. The minimum absolute atomic E-state index is 0. The molecule has 42 valence electrons. The number of hydrogen-bond donors (Lipinski definition) is 0. The van der Waals surface area contributed by atoms with Gasteiger partial charge in [-0.1, -0.05) is 0 Å². The first-order chi connectivity index (χ1) is 0. The second-order valence-electron chi connectivity index (χ2n) is 0. The molecule has 0 bridgehead atoms. The van der Waals surface area contributed by atoms with Crippen molar-refractivity contribution in [3.05, 3.63) is 0 Å². The first-order valence-electron chi connectivity index (χ1n) is 0. The van der Waals surface area contributed by atoms with Gasteiger partial charge < -0.3 is 21.9 Å². The van der Waals surface area contributed by atoms with Gasteiger partial charge >= 0.3 is 58.2 Å². The molecule has 0 aliphatic heterocycles. The molecule has 0 aliphatic carbocycles. The summed E-state index contributed by atoms with van der Waals surface area (Å²) >= 11 is 0. The Morgan fingerprint density at radius 1 is 0.500 bits per heavy atom. The Bertz CT molecular complexity index is 7.51. The fourth-order valence-electron chi connectivity index (χ4n) is 0. The monoisotopic (exact) mass is 192 g/mol. The SMILES string of the molecule is O.O.O.O.S.[RbH]. The molecule has 6 heteroatoms. The van der Waals surface area contributed by atoms with Crippen LogP contribution >= 0.6 is 13.5 Å². The van der Waals surface area contributed by atoms with Crippen molar-refractivity contribution in [2.24, 2.45) is 0 Å². The summed E-state index contributed by atoms with van der Waals surface area (Å²) in [4.78, 5) is 0. The Kier molecular flexibility index (Phi) is 1030. The van der Waals surface area contributed by atoms with E-state index in [1.54, 1.807) is 0 Å². The van der Waals surface area contributed by atoms with Gasteiger partial charge in [-0.15, -0.1) is 0 Å². The standard InChI is InChI=1S/4H2O.Rb.H2S.H/h4*1H2;;1H2;. The van der Waals surface area contributed by atoms with E-state index in [2.05, 4.69) is 0 Å². The zero-order valence-corrected chi connectivity index (χ0v) is 3.50. The predicted molar refractivity (Wildman–Crippen MR) is 32.0 cm³/mol. The molecule has 4 nitrogen and oxygen atoms in total. The molecule has 0 aromatic carbocycles. The average molecular weight is 193 g/mol. The van der Waals surface area contributed by atoms with Gasteiger partial charge in [0.2, 0.25) is 0 Å². The third kappa shape index (κ3) is 37.6. The van der Waals surface area contributed by atoms with E-state index >= 15 is 0 Å². The van der Waals surface area contributed by atoms with Crippen LogP contribution in [0.3, 0.4) is 0 Å². The quantitative estimate of drug-likeness (QED) is 0.373. The summed E-state index contributed by atoms with van der Waals surface area (Å²) in [6.45, 7) is 0. The van der Waals surface area contributed by atoms with E-state index in [-0.39, 0.29) is 93.6 Å². The van der Waals surface area contributed by atoms with Crippen molar-refractivity contribution in [3.63, 3.8) is 0 Å². The first kappa shape index (κ1) is 98.3. The molecule has 0 aliphatic rings. The van der Waals surface area contributed by atoms with Crippen molar-refractivity contribution in [2.75, 3.05) is 0 Å². The Morgan fingerprint density at radius 3 is 0.500 bits per heavy atom. The topological polar surface area (TPSA) is 126 Å². The van der Waals surface area contributed by atoms with Crippen LogP contribution in [-0.2, 0) is 0 Å². The Balaban J connectivity index is 0. The molecule has 0 saturated carbocycles. The summed E-state index contributed by atoms with van der Waals surface area (Å²) in [5, 5.41) is 0. The fraction of sp³-hybridized carbons (Fsp3) is 0. The molecule has 0 amide bonds. The molecule has 0 saturated heterocycles. The van der Waals surface area contributed by atoms with Crippen molar-refractivity contribution in [1.82, 2.24) is 0 Å². The summed E-state index contributed by atoms with van der Waals surface area (Å²) in [6, 6.07) is 0. The maximum absolute atomic E-state index is 0. The summed E-state index contributed by atoms with van der Waals surface area (Å²) in [6.07, 6.45) is 0. The first-order valence-corrected chi connectivity index (χ1v) is 0. The van der Waals surface area contributed by atoms with Gasteiger partial charge in [-0.05, 0) is 0 Å². The summed E-state index contributed by atoms with van der Waals surface area (Å²) < 4.78 is 0. The Hall–Kier alpha value is 2.00. The molecule has 0 aromatic heterocycles. The molecular formula is H11O4RbS. The van der Waals surface area contributed by atoms with E-state index in [1.165, 1.54) is 0 Å². The van der Waals surface area contributed by atoms with Gasteiger partial charge in [0.25, 0.3) is 0 Å². The van der Waals surface area contributed by atoms with Crippen LogP contribution in [0, 0.1) is 0 Å². The normalized spacial score (nSPS) is 0. The predicted octanol–water partition coefficient (Wildman–Crippen LogP) is -3.83. The van der Waals surface area contributed by atoms with Crippen molar-refractivity contribution in [1.29, 1.82) is 0 Å². The van der Waals surface area contributed by atoms with Crippen molar-refractivity contribution < 1.29 is 21.9 Å². The van der Waals surface area contributed by atoms with Crippen LogP contribution in [0.5, 0.6) is 0 Å². The molecule has 8 N–H and O–H groups in total. The van der Waals surface area contributed by atoms with E-state index in [9.17, 15) is 0 Å². The van der Waals surface area contributed by atoms with Crippen molar-refractivity contribution in [3.8, 4) is 0 Å². The fourth-order valence-corrected chi connectivity index (χ4v) is 0. The number of rotatable bonds is 0. The van der Waals surface area contributed by atoms with E-state index in [4.69, 9.17) is 0 Å². The molecule has 0 radical (unpaired) electrons. The zero-order valence-electron chi connectivity index (χ0n) is 2.50. The molecule has 0 unspecified atom stereocenters. The van der Waals surface area contributed by atoms with Crippen molar-refractivity contribution in [2.45, 2.75) is 0 Å². The average Bonchev–Trinajstić information content (AvgIpc) is 0. The zero-order chi connectivity index (χ0) is 0. The molecule has 6 heavy (non-hydrogen) atoms. The van der Waals surface area contributed by atoms with Crippen LogP contribution in [0.15, 0.2) is 0 Å². The maximum atomic E-state index is 0. The molecular weight excluding hydrogens is 182 g/mol. The van der Waals surface area contributed by atoms with Crippen LogP contribution < -0.4 is 0 Å². The van der Waals surface area contributed by atoms with Gasteiger partial charge in [0, 0.05) is 0 Å². The molecule has 0 rings (SSSR count). The Labute approximate surface area is 91.8 Å². The van der Waals surface area contributed by atoms with E-state index in [0.717, 1.165) is 0 Å². The third-order valence-corrected chi connectivity index (χ3v) is 0. The van der Waals surface area contributed by atoms with Gasteiger partial charge in [-0.2, -0.15) is 13.5 Å². The summed E-state index contributed by atoms with van der Waals surface area (Å²) in [7, 11) is 0. The molecule has 0 heterocycles. The summed E-state index contributed by atoms with van der Waals surface area (Å²) in [5.74, 6) is 0.